The maximum atomic E-state index is 13.5. The van der Waals surface area contributed by atoms with Crippen molar-refractivity contribution in [3.05, 3.63) is 81.8 Å². The molecule has 0 aliphatic heterocycles. The Labute approximate surface area is 197 Å². The molecule has 3 rings (SSSR count). The van der Waals surface area contributed by atoms with E-state index in [2.05, 4.69) is 0 Å². The second-order valence-electron chi connectivity index (χ2n) is 7.73. The molecule has 0 aliphatic carbocycles. The van der Waals surface area contributed by atoms with Crippen LogP contribution in [0.4, 0.5) is 4.39 Å². The van der Waals surface area contributed by atoms with E-state index >= 15 is 0 Å². The van der Waals surface area contributed by atoms with Crippen molar-refractivity contribution >= 4 is 9.84 Å². The monoisotopic (exact) mass is 491 g/mol. The summed E-state index contributed by atoms with van der Waals surface area (Å²) in [5.41, 5.74) is 10.2. The molecule has 3 aromatic rings. The summed E-state index contributed by atoms with van der Waals surface area (Å²) in [4.78, 5) is 9.92. The molecule has 1 heterocycles. The third kappa shape index (κ3) is 6.26. The molecule has 0 radical (unpaired) electrons. The van der Waals surface area contributed by atoms with E-state index in [4.69, 9.17) is 15.2 Å². The zero-order valence-corrected chi connectivity index (χ0v) is 19.6. The molecule has 0 saturated heterocycles. The largest absolute Gasteiger partial charge is 0.377 e. The molecule has 182 valence electrons. The highest BCUT2D eigenvalue weighted by Crippen LogP contribution is 2.32. The first-order valence-electron chi connectivity index (χ1n) is 10.4. The summed E-state index contributed by atoms with van der Waals surface area (Å²) in [5.74, 6) is -0.364. The Bertz CT molecular complexity index is 1240. The number of aromatic nitrogens is 1. The lowest BCUT2D eigenvalue weighted by atomic mass is 10.1. The van der Waals surface area contributed by atoms with Crippen molar-refractivity contribution in [2.24, 2.45) is 5.73 Å². The number of halogens is 1. The van der Waals surface area contributed by atoms with Crippen molar-refractivity contribution in [3.8, 4) is 16.9 Å². The topological polar surface area (TPSA) is 127 Å². The van der Waals surface area contributed by atoms with Gasteiger partial charge in [-0.2, -0.15) is 0 Å². The van der Waals surface area contributed by atoms with Crippen LogP contribution in [0.5, 0.6) is 0 Å². The van der Waals surface area contributed by atoms with Crippen LogP contribution in [0.25, 0.3) is 16.9 Å². The molecule has 0 aliphatic rings. The van der Waals surface area contributed by atoms with Crippen LogP contribution in [0, 0.1) is 22.9 Å². The Morgan fingerprint density at radius 1 is 1.09 bits per heavy atom. The molecule has 1 unspecified atom stereocenters. The first-order chi connectivity index (χ1) is 16.1. The van der Waals surface area contributed by atoms with E-state index < -0.39 is 27.5 Å². The molecule has 0 fully saturated rings. The number of ether oxygens (including phenoxy) is 2. The molecule has 0 spiro atoms. The highest BCUT2D eigenvalue weighted by atomic mass is 32.2. The Morgan fingerprint density at radius 2 is 1.71 bits per heavy atom. The first-order valence-corrected chi connectivity index (χ1v) is 12.3. The molecule has 1 aromatic heterocycles. The van der Waals surface area contributed by atoms with Gasteiger partial charge in [0.1, 0.15) is 5.82 Å². The Kier molecular flexibility index (Phi) is 8.15. The summed E-state index contributed by atoms with van der Waals surface area (Å²) in [7, 11) is -3.34. The summed E-state index contributed by atoms with van der Waals surface area (Å²) in [5, 5.41) is 10.3. The van der Waals surface area contributed by atoms with Crippen molar-refractivity contribution < 1.29 is 27.2 Å². The smallest absolute Gasteiger partial charge is 0.306 e. The highest BCUT2D eigenvalue weighted by Gasteiger charge is 2.20. The molecule has 0 bridgehead atoms. The Balaban J connectivity index is 1.90. The molecule has 0 saturated carbocycles. The van der Waals surface area contributed by atoms with E-state index in [0.29, 0.717) is 5.69 Å². The summed E-state index contributed by atoms with van der Waals surface area (Å²) >= 11 is 0. The molecule has 2 aromatic carbocycles. The van der Waals surface area contributed by atoms with E-state index in [1.807, 2.05) is 17.6 Å². The summed E-state index contributed by atoms with van der Waals surface area (Å²) in [6.45, 7) is 1.67. The van der Waals surface area contributed by atoms with Gasteiger partial charge in [-0.25, -0.2) is 12.8 Å². The highest BCUT2D eigenvalue weighted by molar-refractivity contribution is 7.90. The van der Waals surface area contributed by atoms with Crippen molar-refractivity contribution in [1.82, 2.24) is 4.57 Å². The van der Waals surface area contributed by atoms with E-state index in [-0.39, 0.29) is 30.5 Å². The quantitative estimate of drug-likeness (QED) is 0.189. The number of nitro groups is 1. The van der Waals surface area contributed by atoms with Gasteiger partial charge in [0, 0.05) is 22.6 Å². The lowest BCUT2D eigenvalue weighted by Crippen LogP contribution is -2.20. The fourth-order valence-corrected chi connectivity index (χ4v) is 4.20. The predicted molar refractivity (Wildman–Crippen MR) is 125 cm³/mol. The average Bonchev–Trinajstić information content (AvgIpc) is 3.13. The van der Waals surface area contributed by atoms with Gasteiger partial charge in [0.2, 0.25) is 0 Å². The van der Waals surface area contributed by atoms with Crippen molar-refractivity contribution in [2.45, 2.75) is 17.9 Å². The van der Waals surface area contributed by atoms with E-state index in [0.717, 1.165) is 28.8 Å². The minimum absolute atomic E-state index is 0.0706. The number of nitrogens with zero attached hydrogens (tertiary/aromatic N) is 2. The number of rotatable bonds is 11. The zero-order valence-electron chi connectivity index (χ0n) is 18.8. The summed E-state index contributed by atoms with van der Waals surface area (Å²) in [6, 6.07) is 13.9. The van der Waals surface area contributed by atoms with Crippen molar-refractivity contribution in [3.63, 3.8) is 0 Å². The second kappa shape index (κ2) is 10.9. The first kappa shape index (κ1) is 25.5. The lowest BCUT2D eigenvalue weighted by molar-refractivity contribution is -0.526. The third-order valence-electron chi connectivity index (χ3n) is 5.21. The number of hydrogen-bond acceptors (Lipinski definition) is 7. The normalized spacial score (nSPS) is 12.6. The van der Waals surface area contributed by atoms with Crippen LogP contribution >= 0.6 is 0 Å². The van der Waals surface area contributed by atoms with Crippen LogP contribution < -0.4 is 5.73 Å². The molecule has 11 heteroatoms. The molecular weight excluding hydrogens is 465 g/mol. The molecule has 9 nitrogen and oxygen atoms in total. The predicted octanol–water partition coefficient (Wildman–Crippen LogP) is 3.26. The molecule has 1 atom stereocenters. The number of sulfone groups is 1. The van der Waals surface area contributed by atoms with Gasteiger partial charge in [-0.15, -0.1) is 0 Å². The summed E-state index contributed by atoms with van der Waals surface area (Å²) in [6.07, 6.45) is 1.15. The van der Waals surface area contributed by atoms with Crippen LogP contribution in [-0.4, -0.2) is 50.7 Å². The van der Waals surface area contributed by atoms with Gasteiger partial charge in [-0.05, 0) is 60.5 Å². The van der Waals surface area contributed by atoms with Crippen LogP contribution in [-0.2, 0) is 19.3 Å². The second-order valence-corrected chi connectivity index (χ2v) is 9.75. The average molecular weight is 492 g/mol. The van der Waals surface area contributed by atoms with Gasteiger partial charge in [-0.3, -0.25) is 10.1 Å². The van der Waals surface area contributed by atoms with Crippen LogP contribution in [0.15, 0.2) is 59.5 Å². The Hall–Kier alpha value is -3.12. The number of hydrogen-bond donors (Lipinski definition) is 1. The van der Waals surface area contributed by atoms with E-state index in [1.165, 1.54) is 24.3 Å². The zero-order chi connectivity index (χ0) is 24.9. The minimum Gasteiger partial charge on any atom is -0.377 e. The maximum absolute atomic E-state index is 13.5. The maximum Gasteiger partial charge on any atom is 0.306 e. The van der Waals surface area contributed by atoms with Crippen molar-refractivity contribution in [2.75, 3.05) is 32.8 Å². The van der Waals surface area contributed by atoms with Gasteiger partial charge in [0.05, 0.1) is 36.5 Å². The fourth-order valence-electron chi connectivity index (χ4n) is 3.57. The molecule has 34 heavy (non-hydrogen) atoms. The van der Waals surface area contributed by atoms with Gasteiger partial charge < -0.3 is 19.8 Å². The van der Waals surface area contributed by atoms with Crippen LogP contribution in [0.2, 0.25) is 0 Å². The molecular formula is C23H26FN3O6S. The lowest BCUT2D eigenvalue weighted by Gasteiger charge is -2.15. The fraction of sp³-hybridized carbons (Fsp3) is 0.304. The Morgan fingerprint density at radius 3 is 2.29 bits per heavy atom. The number of nitrogens with two attached hydrogens (primary N) is 1. The number of benzene rings is 2. The van der Waals surface area contributed by atoms with Gasteiger partial charge in [0.25, 0.3) is 0 Å². The minimum atomic E-state index is -3.34. The van der Waals surface area contributed by atoms with Crippen LogP contribution in [0.3, 0.4) is 0 Å². The van der Waals surface area contributed by atoms with Crippen LogP contribution in [0.1, 0.15) is 17.3 Å². The van der Waals surface area contributed by atoms with Crippen molar-refractivity contribution in [1.29, 1.82) is 0 Å². The third-order valence-corrected chi connectivity index (χ3v) is 6.34. The standard InChI is InChI=1S/C23H26FN3O6S/c1-16-21(22(25)14-32-11-12-33-15-26(28)29)13-23(27(16)19-7-5-18(24)6-8-19)17-3-9-20(10-4-17)34(2,30)31/h3-10,13,22H,11-12,14-15,25H2,1-2H3. The SMILES string of the molecule is Cc1c(C(N)COCCOC[N+](=O)[O-])cc(-c2ccc(S(C)(=O)=O)cc2)n1-c1ccc(F)cc1. The molecule has 0 amide bonds. The van der Waals surface area contributed by atoms with Gasteiger partial charge in [-0.1, -0.05) is 12.1 Å². The summed E-state index contributed by atoms with van der Waals surface area (Å²) < 4.78 is 49.5. The van der Waals surface area contributed by atoms with E-state index in [9.17, 15) is 22.9 Å². The van der Waals surface area contributed by atoms with Gasteiger partial charge >= 0.3 is 6.73 Å². The van der Waals surface area contributed by atoms with Gasteiger partial charge in [0.15, 0.2) is 9.84 Å². The molecule has 2 N–H and O–H groups in total. The van der Waals surface area contributed by atoms with E-state index in [1.54, 1.807) is 24.3 Å².